The molecule has 0 radical (unpaired) electrons. The highest BCUT2D eigenvalue weighted by Crippen LogP contribution is 2.36. The zero-order valence-electron chi connectivity index (χ0n) is 16.1. The number of halogens is 1. The molecule has 2 amide bonds. The maximum Gasteiger partial charge on any atom is 0.322 e. The normalized spacial score (nSPS) is 13.8. The Kier molecular flexibility index (Phi) is 6.28. The summed E-state index contributed by atoms with van der Waals surface area (Å²) in [5, 5.41) is 14.0. The van der Waals surface area contributed by atoms with Gasteiger partial charge in [-0.1, -0.05) is 11.6 Å². The monoisotopic (exact) mass is 420 g/mol. The molecule has 2 aromatic rings. The van der Waals surface area contributed by atoms with Crippen LogP contribution in [0.4, 0.5) is 21.9 Å². The molecule has 154 valence electrons. The number of methoxy groups -OCH3 is 2. The minimum atomic E-state index is -0.425. The lowest BCUT2D eigenvalue weighted by molar-refractivity contribution is -0.384. The fourth-order valence-electron chi connectivity index (χ4n) is 3.10. The van der Waals surface area contributed by atoms with E-state index in [4.69, 9.17) is 21.1 Å². The Morgan fingerprint density at radius 1 is 1.07 bits per heavy atom. The van der Waals surface area contributed by atoms with Crippen LogP contribution in [0.3, 0.4) is 0 Å². The highest BCUT2D eigenvalue weighted by Gasteiger charge is 2.23. The first-order chi connectivity index (χ1) is 13.9. The van der Waals surface area contributed by atoms with E-state index in [0.29, 0.717) is 48.4 Å². The van der Waals surface area contributed by atoms with E-state index >= 15 is 0 Å². The highest BCUT2D eigenvalue weighted by atomic mass is 35.5. The molecule has 0 aliphatic carbocycles. The van der Waals surface area contributed by atoms with E-state index in [1.54, 1.807) is 29.2 Å². The zero-order chi connectivity index (χ0) is 21.0. The van der Waals surface area contributed by atoms with Crippen molar-refractivity contribution >= 4 is 34.7 Å². The number of nitro groups is 1. The van der Waals surface area contributed by atoms with Crippen LogP contribution < -0.4 is 19.7 Å². The Morgan fingerprint density at radius 2 is 1.69 bits per heavy atom. The molecule has 1 fully saturated rings. The molecule has 2 aromatic carbocycles. The Hall–Kier alpha value is -3.20. The SMILES string of the molecule is COc1cc(OC)c(NC(=O)N2CCN(c3ccc([N+](=O)[O-])cc3)CC2)cc1Cl. The quantitative estimate of drug-likeness (QED) is 0.586. The number of non-ortho nitro benzene ring substituents is 1. The number of rotatable bonds is 5. The second-order valence-electron chi connectivity index (χ2n) is 6.36. The van der Waals surface area contributed by atoms with Gasteiger partial charge < -0.3 is 24.6 Å². The lowest BCUT2D eigenvalue weighted by atomic mass is 10.2. The van der Waals surface area contributed by atoms with E-state index in [0.717, 1.165) is 5.69 Å². The average Bonchev–Trinajstić information content (AvgIpc) is 2.74. The Morgan fingerprint density at radius 3 is 2.24 bits per heavy atom. The van der Waals surface area contributed by atoms with Crippen LogP contribution in [0.25, 0.3) is 0 Å². The van der Waals surface area contributed by atoms with E-state index in [1.807, 2.05) is 0 Å². The largest absolute Gasteiger partial charge is 0.495 e. The van der Waals surface area contributed by atoms with Gasteiger partial charge >= 0.3 is 6.03 Å². The van der Waals surface area contributed by atoms with E-state index in [9.17, 15) is 14.9 Å². The number of ether oxygens (including phenoxy) is 2. The van der Waals surface area contributed by atoms with Gasteiger partial charge in [0.15, 0.2) is 0 Å². The van der Waals surface area contributed by atoms with Crippen molar-refractivity contribution in [2.45, 2.75) is 0 Å². The molecule has 1 aliphatic rings. The number of amides is 2. The first-order valence-electron chi connectivity index (χ1n) is 8.89. The van der Waals surface area contributed by atoms with Crippen LogP contribution in [0, 0.1) is 10.1 Å². The predicted octanol–water partition coefficient (Wildman–Crippen LogP) is 3.62. The van der Waals surface area contributed by atoms with Crippen molar-refractivity contribution in [3.05, 3.63) is 51.5 Å². The second kappa shape index (κ2) is 8.87. The summed E-state index contributed by atoms with van der Waals surface area (Å²) in [6.45, 7) is 2.25. The second-order valence-corrected chi connectivity index (χ2v) is 6.77. The van der Waals surface area contributed by atoms with Crippen molar-refractivity contribution in [3.8, 4) is 11.5 Å². The third-order valence-electron chi connectivity index (χ3n) is 4.71. The molecule has 0 bridgehead atoms. The first kappa shape index (κ1) is 20.5. The summed E-state index contributed by atoms with van der Waals surface area (Å²) < 4.78 is 10.5. The number of nitrogens with one attached hydrogen (secondary N) is 1. The summed E-state index contributed by atoms with van der Waals surface area (Å²) in [5.41, 5.74) is 1.40. The van der Waals surface area contributed by atoms with Crippen LogP contribution in [-0.4, -0.2) is 56.3 Å². The van der Waals surface area contributed by atoms with Crippen molar-refractivity contribution in [2.24, 2.45) is 0 Å². The molecule has 3 rings (SSSR count). The molecule has 9 nitrogen and oxygen atoms in total. The van der Waals surface area contributed by atoms with E-state index < -0.39 is 4.92 Å². The standard InChI is InChI=1S/C19H21ClN4O5/c1-28-17-12-18(29-2)16(11-15(17)20)21-19(25)23-9-7-22(8-10-23)13-3-5-14(6-4-13)24(26)27/h3-6,11-12H,7-10H2,1-2H3,(H,21,25). The molecular formula is C19H21ClN4O5. The van der Waals surface area contributed by atoms with Crippen LogP contribution in [0.1, 0.15) is 0 Å². The number of urea groups is 1. The molecule has 1 N–H and O–H groups in total. The molecule has 0 atom stereocenters. The Bertz CT molecular complexity index is 898. The number of piperazine rings is 1. The maximum absolute atomic E-state index is 12.7. The van der Waals surface area contributed by atoms with Crippen molar-refractivity contribution < 1.29 is 19.2 Å². The summed E-state index contributed by atoms with van der Waals surface area (Å²) in [4.78, 5) is 26.8. The molecule has 10 heteroatoms. The van der Waals surface area contributed by atoms with Crippen molar-refractivity contribution in [3.63, 3.8) is 0 Å². The Labute approximate surface area is 172 Å². The van der Waals surface area contributed by atoms with Gasteiger partial charge in [-0.2, -0.15) is 0 Å². The minimum absolute atomic E-state index is 0.0545. The minimum Gasteiger partial charge on any atom is -0.495 e. The predicted molar refractivity (Wildman–Crippen MR) is 110 cm³/mol. The van der Waals surface area contributed by atoms with Gasteiger partial charge in [-0.05, 0) is 18.2 Å². The summed E-state index contributed by atoms with van der Waals surface area (Å²) in [6.07, 6.45) is 0. The van der Waals surface area contributed by atoms with Crippen LogP contribution >= 0.6 is 11.6 Å². The average molecular weight is 421 g/mol. The lowest BCUT2D eigenvalue weighted by Crippen LogP contribution is -2.50. The van der Waals surface area contributed by atoms with Crippen molar-refractivity contribution in [1.29, 1.82) is 0 Å². The summed E-state index contributed by atoms with van der Waals surface area (Å²) >= 11 is 6.15. The molecular weight excluding hydrogens is 400 g/mol. The van der Waals surface area contributed by atoms with Gasteiger partial charge in [-0.15, -0.1) is 0 Å². The number of benzene rings is 2. The van der Waals surface area contributed by atoms with Gasteiger partial charge in [0, 0.05) is 50.1 Å². The molecule has 1 heterocycles. The number of anilines is 2. The molecule has 0 aromatic heterocycles. The van der Waals surface area contributed by atoms with Gasteiger partial charge in [-0.3, -0.25) is 10.1 Å². The van der Waals surface area contributed by atoms with Gasteiger partial charge in [0.2, 0.25) is 0 Å². The van der Waals surface area contributed by atoms with E-state index in [-0.39, 0.29) is 11.7 Å². The summed E-state index contributed by atoms with van der Waals surface area (Å²) in [7, 11) is 3.00. The smallest absolute Gasteiger partial charge is 0.322 e. The third-order valence-corrected chi connectivity index (χ3v) is 5.00. The van der Waals surface area contributed by atoms with Crippen LogP contribution in [-0.2, 0) is 0 Å². The number of nitro benzene ring substituents is 1. The zero-order valence-corrected chi connectivity index (χ0v) is 16.8. The van der Waals surface area contributed by atoms with Crippen LogP contribution in [0.5, 0.6) is 11.5 Å². The maximum atomic E-state index is 12.7. The van der Waals surface area contributed by atoms with Gasteiger partial charge in [0.05, 0.1) is 29.9 Å². The molecule has 1 aliphatic heterocycles. The molecule has 0 unspecified atom stereocenters. The van der Waals surface area contributed by atoms with Crippen molar-refractivity contribution in [2.75, 3.05) is 50.6 Å². The van der Waals surface area contributed by atoms with E-state index in [1.165, 1.54) is 26.4 Å². The molecule has 0 spiro atoms. The van der Waals surface area contributed by atoms with Gasteiger partial charge in [0.1, 0.15) is 11.5 Å². The van der Waals surface area contributed by atoms with Gasteiger partial charge in [-0.25, -0.2) is 4.79 Å². The molecule has 29 heavy (non-hydrogen) atoms. The fraction of sp³-hybridized carbons (Fsp3) is 0.316. The summed E-state index contributed by atoms with van der Waals surface area (Å²) in [6, 6.07) is 9.35. The lowest BCUT2D eigenvalue weighted by Gasteiger charge is -2.36. The number of carbonyl (C=O) groups excluding carboxylic acids is 1. The number of hydrogen-bond donors (Lipinski definition) is 1. The fourth-order valence-corrected chi connectivity index (χ4v) is 3.35. The van der Waals surface area contributed by atoms with Crippen molar-refractivity contribution in [1.82, 2.24) is 4.90 Å². The topological polar surface area (TPSA) is 97.2 Å². The highest BCUT2D eigenvalue weighted by molar-refractivity contribution is 6.32. The first-order valence-corrected chi connectivity index (χ1v) is 9.27. The number of carbonyl (C=O) groups is 1. The van der Waals surface area contributed by atoms with E-state index in [2.05, 4.69) is 10.2 Å². The molecule has 0 saturated carbocycles. The summed E-state index contributed by atoms with van der Waals surface area (Å²) in [5.74, 6) is 0.905. The number of nitrogens with zero attached hydrogens (tertiary/aromatic N) is 3. The van der Waals surface area contributed by atoms with Crippen LogP contribution in [0.15, 0.2) is 36.4 Å². The van der Waals surface area contributed by atoms with Crippen LogP contribution in [0.2, 0.25) is 5.02 Å². The third kappa shape index (κ3) is 4.62. The number of hydrogen-bond acceptors (Lipinski definition) is 6. The Balaban J connectivity index is 1.62. The van der Waals surface area contributed by atoms with Gasteiger partial charge in [0.25, 0.3) is 5.69 Å². The molecule has 1 saturated heterocycles.